The molecule has 1 aliphatic carbocycles. The van der Waals surface area contributed by atoms with Gasteiger partial charge in [0.05, 0.1) is 0 Å². The Hall–Kier alpha value is -1.62. The molecule has 1 saturated carbocycles. The van der Waals surface area contributed by atoms with Crippen LogP contribution in [-0.2, 0) is 0 Å². The fraction of sp³-hybridized carbons (Fsp3) is 0.455. The Bertz CT molecular complexity index is 389. The third-order valence-corrected chi connectivity index (χ3v) is 2.69. The summed E-state index contributed by atoms with van der Waals surface area (Å²) in [6, 6.07) is 4.18. The van der Waals surface area contributed by atoms with E-state index in [1.807, 2.05) is 6.07 Å². The number of rotatable bonds is 5. The molecule has 0 aliphatic heterocycles. The van der Waals surface area contributed by atoms with Gasteiger partial charge in [-0.25, -0.2) is 0 Å². The van der Waals surface area contributed by atoms with Crippen LogP contribution in [0.25, 0.3) is 0 Å². The van der Waals surface area contributed by atoms with Crippen LogP contribution in [0.1, 0.15) is 23.3 Å². The van der Waals surface area contributed by atoms with E-state index in [-0.39, 0.29) is 0 Å². The van der Waals surface area contributed by atoms with Crippen LogP contribution < -0.4 is 16.4 Å². The topological polar surface area (TPSA) is 85.2 Å². The van der Waals surface area contributed by atoms with E-state index in [0.29, 0.717) is 18.3 Å². The highest BCUT2D eigenvalue weighted by atomic mass is 16.1. The summed E-state index contributed by atoms with van der Waals surface area (Å²) in [4.78, 5) is 17.2. The molecule has 1 heterocycles. The summed E-state index contributed by atoms with van der Waals surface area (Å²) in [7, 11) is 0. The third-order valence-electron chi connectivity index (χ3n) is 2.69. The fourth-order valence-corrected chi connectivity index (χ4v) is 1.78. The van der Waals surface area contributed by atoms with Crippen molar-refractivity contribution in [3.05, 3.63) is 24.0 Å². The van der Waals surface area contributed by atoms with Crippen LogP contribution in [0.4, 0.5) is 5.69 Å². The van der Waals surface area contributed by atoms with Gasteiger partial charge in [0.1, 0.15) is 5.69 Å². The molecule has 5 heteroatoms. The highest BCUT2D eigenvalue weighted by Gasteiger charge is 2.28. The summed E-state index contributed by atoms with van der Waals surface area (Å²) in [6.07, 6.45) is 3.99. The lowest BCUT2D eigenvalue weighted by Crippen LogP contribution is -2.31. The van der Waals surface area contributed by atoms with Crippen molar-refractivity contribution in [1.29, 1.82) is 0 Å². The highest BCUT2D eigenvalue weighted by molar-refractivity contribution is 5.91. The molecule has 4 N–H and O–H groups in total. The standard InChI is InChI=1S/C11H16N4O/c12-4-6-15(8-1-2-8)9-3-5-14-10(7-9)11(13)16/h3,5,7-8H,1-2,4,6,12H2,(H2,13,16). The van der Waals surface area contributed by atoms with Gasteiger partial charge in [0.2, 0.25) is 0 Å². The zero-order valence-electron chi connectivity index (χ0n) is 9.10. The molecular formula is C11H16N4O. The van der Waals surface area contributed by atoms with Gasteiger partial charge < -0.3 is 16.4 Å². The van der Waals surface area contributed by atoms with E-state index >= 15 is 0 Å². The van der Waals surface area contributed by atoms with Crippen LogP contribution in [0.3, 0.4) is 0 Å². The molecule has 0 atom stereocenters. The van der Waals surface area contributed by atoms with Gasteiger partial charge >= 0.3 is 0 Å². The van der Waals surface area contributed by atoms with Crippen LogP contribution in [-0.4, -0.2) is 30.0 Å². The maximum Gasteiger partial charge on any atom is 0.267 e. The van der Waals surface area contributed by atoms with Crippen molar-refractivity contribution in [2.75, 3.05) is 18.0 Å². The largest absolute Gasteiger partial charge is 0.367 e. The summed E-state index contributed by atoms with van der Waals surface area (Å²) in [5, 5.41) is 0. The molecule has 0 radical (unpaired) electrons. The minimum atomic E-state index is -0.495. The molecular weight excluding hydrogens is 204 g/mol. The second-order valence-corrected chi connectivity index (χ2v) is 3.98. The molecule has 0 saturated heterocycles. The van der Waals surface area contributed by atoms with E-state index in [2.05, 4.69) is 9.88 Å². The normalized spacial score (nSPS) is 14.8. The van der Waals surface area contributed by atoms with Gasteiger partial charge in [0.25, 0.3) is 5.91 Å². The van der Waals surface area contributed by atoms with Crippen molar-refractivity contribution in [1.82, 2.24) is 4.98 Å². The lowest BCUT2D eigenvalue weighted by Gasteiger charge is -2.23. The van der Waals surface area contributed by atoms with Crippen LogP contribution in [0.5, 0.6) is 0 Å². The van der Waals surface area contributed by atoms with Crippen molar-refractivity contribution >= 4 is 11.6 Å². The number of nitrogens with two attached hydrogens (primary N) is 2. The van der Waals surface area contributed by atoms with Crippen LogP contribution >= 0.6 is 0 Å². The molecule has 1 aromatic rings. The smallest absolute Gasteiger partial charge is 0.267 e. The molecule has 86 valence electrons. The van der Waals surface area contributed by atoms with E-state index in [9.17, 15) is 4.79 Å². The zero-order chi connectivity index (χ0) is 11.5. The number of carbonyl (C=O) groups is 1. The Morgan fingerprint density at radius 1 is 1.56 bits per heavy atom. The summed E-state index contributed by atoms with van der Waals surface area (Å²) >= 11 is 0. The number of carbonyl (C=O) groups excluding carboxylic acids is 1. The van der Waals surface area contributed by atoms with E-state index in [4.69, 9.17) is 11.5 Å². The second kappa shape index (κ2) is 4.49. The molecule has 1 aliphatic rings. The van der Waals surface area contributed by atoms with Gasteiger partial charge in [-0.15, -0.1) is 0 Å². The van der Waals surface area contributed by atoms with Gasteiger partial charge in [-0.3, -0.25) is 9.78 Å². The Morgan fingerprint density at radius 2 is 2.31 bits per heavy atom. The molecule has 0 unspecified atom stereocenters. The lowest BCUT2D eigenvalue weighted by atomic mass is 10.2. The number of hydrogen-bond donors (Lipinski definition) is 2. The molecule has 0 aromatic carbocycles. The summed E-state index contributed by atoms with van der Waals surface area (Å²) in [5.74, 6) is -0.495. The maximum atomic E-state index is 11.0. The zero-order valence-corrected chi connectivity index (χ0v) is 9.10. The monoisotopic (exact) mass is 220 g/mol. The van der Waals surface area contributed by atoms with Crippen molar-refractivity contribution in [2.24, 2.45) is 11.5 Å². The lowest BCUT2D eigenvalue weighted by molar-refractivity contribution is 0.0995. The van der Waals surface area contributed by atoms with Gasteiger partial charge in [-0.2, -0.15) is 0 Å². The Balaban J connectivity index is 2.22. The van der Waals surface area contributed by atoms with Crippen molar-refractivity contribution in [2.45, 2.75) is 18.9 Å². The minimum Gasteiger partial charge on any atom is -0.367 e. The van der Waals surface area contributed by atoms with Gasteiger partial charge in [-0.05, 0) is 25.0 Å². The first-order valence-corrected chi connectivity index (χ1v) is 5.45. The average molecular weight is 220 g/mol. The van der Waals surface area contributed by atoms with Crippen molar-refractivity contribution < 1.29 is 4.79 Å². The highest BCUT2D eigenvalue weighted by Crippen LogP contribution is 2.31. The maximum absolute atomic E-state index is 11.0. The quantitative estimate of drug-likeness (QED) is 0.737. The molecule has 0 bridgehead atoms. The SMILES string of the molecule is NCCN(c1ccnc(C(N)=O)c1)C1CC1. The number of pyridine rings is 1. The van der Waals surface area contributed by atoms with Crippen LogP contribution in [0, 0.1) is 0 Å². The summed E-state index contributed by atoms with van der Waals surface area (Å²) in [6.45, 7) is 1.40. The Morgan fingerprint density at radius 3 is 2.88 bits per heavy atom. The van der Waals surface area contributed by atoms with E-state index in [1.165, 1.54) is 12.8 Å². The molecule has 1 aromatic heterocycles. The summed E-state index contributed by atoms with van der Waals surface area (Å²) < 4.78 is 0. The predicted octanol–water partition coefficient (Wildman–Crippen LogP) is 0.108. The molecule has 1 fully saturated rings. The molecule has 16 heavy (non-hydrogen) atoms. The van der Waals surface area contributed by atoms with Crippen LogP contribution in [0.2, 0.25) is 0 Å². The molecule has 1 amide bonds. The average Bonchev–Trinajstić information content (AvgIpc) is 3.10. The van der Waals surface area contributed by atoms with Gasteiger partial charge in [-0.1, -0.05) is 0 Å². The number of aromatic nitrogens is 1. The summed E-state index contributed by atoms with van der Waals surface area (Å²) in [5.41, 5.74) is 12.1. The minimum absolute atomic E-state index is 0.306. The van der Waals surface area contributed by atoms with E-state index in [0.717, 1.165) is 12.2 Å². The van der Waals surface area contributed by atoms with Crippen molar-refractivity contribution in [3.63, 3.8) is 0 Å². The van der Waals surface area contributed by atoms with Gasteiger partial charge in [0.15, 0.2) is 0 Å². The number of amides is 1. The van der Waals surface area contributed by atoms with E-state index in [1.54, 1.807) is 12.3 Å². The Kier molecular flexibility index (Phi) is 3.05. The first kappa shape index (κ1) is 10.9. The van der Waals surface area contributed by atoms with Crippen molar-refractivity contribution in [3.8, 4) is 0 Å². The molecule has 0 spiro atoms. The number of hydrogen-bond acceptors (Lipinski definition) is 4. The number of anilines is 1. The first-order valence-electron chi connectivity index (χ1n) is 5.45. The van der Waals surface area contributed by atoms with Crippen LogP contribution in [0.15, 0.2) is 18.3 Å². The van der Waals surface area contributed by atoms with E-state index < -0.39 is 5.91 Å². The first-order chi connectivity index (χ1) is 7.72. The fourth-order valence-electron chi connectivity index (χ4n) is 1.78. The number of primary amides is 1. The number of nitrogens with zero attached hydrogens (tertiary/aromatic N) is 2. The second-order valence-electron chi connectivity index (χ2n) is 3.98. The Labute approximate surface area is 94.4 Å². The van der Waals surface area contributed by atoms with Gasteiger partial charge in [0, 0.05) is 31.0 Å². The predicted molar refractivity (Wildman–Crippen MR) is 62.2 cm³/mol. The third kappa shape index (κ3) is 2.30. The molecule has 5 nitrogen and oxygen atoms in total. The molecule has 2 rings (SSSR count).